The Bertz CT molecular complexity index is 504. The van der Waals surface area contributed by atoms with Gasteiger partial charge in [-0.05, 0) is 12.5 Å². The van der Waals surface area contributed by atoms with Crippen LogP contribution in [0.2, 0.25) is 0 Å². The fourth-order valence-corrected chi connectivity index (χ4v) is 1.55. The van der Waals surface area contributed by atoms with E-state index in [9.17, 15) is 14.4 Å². The first kappa shape index (κ1) is 19.0. The summed E-state index contributed by atoms with van der Waals surface area (Å²) in [6.07, 6.45) is 3.07. The molecule has 0 aliphatic carbocycles. The number of aliphatic carboxylic acids is 2. The largest absolute Gasteiger partial charge is 1.00 e. The number of carbonyl (C=O) groups is 3. The Kier molecular flexibility index (Phi) is 8.22. The summed E-state index contributed by atoms with van der Waals surface area (Å²) in [5, 5.41) is 19.6. The van der Waals surface area contributed by atoms with Crippen molar-refractivity contribution >= 4 is 17.8 Å². The maximum Gasteiger partial charge on any atom is 0.326 e. The van der Waals surface area contributed by atoms with Crippen LogP contribution in [0.5, 0.6) is 0 Å². The highest BCUT2D eigenvalue weighted by atomic mass is 79.9. The molecule has 116 valence electrons. The number of aryl methyl sites for hydroxylation is 2. The lowest BCUT2D eigenvalue weighted by atomic mass is 10.2. The summed E-state index contributed by atoms with van der Waals surface area (Å²) in [6.45, 7) is 2.34. The number of carboxylic acid groups (broad SMARTS) is 2. The van der Waals surface area contributed by atoms with Gasteiger partial charge in [-0.3, -0.25) is 9.59 Å². The van der Waals surface area contributed by atoms with Crippen LogP contribution in [0.15, 0.2) is 24.5 Å². The van der Waals surface area contributed by atoms with Crippen molar-refractivity contribution in [2.45, 2.75) is 32.4 Å². The Hall–Kier alpha value is -1.96. The van der Waals surface area contributed by atoms with Gasteiger partial charge in [-0.25, -0.2) is 9.36 Å². The third-order valence-electron chi connectivity index (χ3n) is 2.67. The molecule has 0 radical (unpaired) electrons. The summed E-state index contributed by atoms with van der Waals surface area (Å²) in [4.78, 5) is 32.9. The highest BCUT2D eigenvalue weighted by Crippen LogP contribution is 1.95. The molecule has 8 heteroatoms. The molecule has 0 aliphatic rings. The Balaban J connectivity index is 0.00000400. The normalized spacial score (nSPS) is 11.1. The molecule has 1 heterocycles. The predicted octanol–water partition coefficient (Wildman–Crippen LogP) is -3.28. The van der Waals surface area contributed by atoms with Gasteiger partial charge in [-0.1, -0.05) is 0 Å². The number of carboxylic acids is 2. The van der Waals surface area contributed by atoms with Gasteiger partial charge in [0.15, 0.2) is 18.9 Å². The Labute approximate surface area is 132 Å². The Morgan fingerprint density at radius 2 is 1.81 bits per heavy atom. The molecule has 0 spiro atoms. The van der Waals surface area contributed by atoms with Crippen LogP contribution in [0, 0.1) is 6.92 Å². The molecule has 7 nitrogen and oxygen atoms in total. The van der Waals surface area contributed by atoms with Crippen LogP contribution < -0.4 is 26.9 Å². The number of hydrogen-bond donors (Lipinski definition) is 3. The zero-order valence-electron chi connectivity index (χ0n) is 11.5. The van der Waals surface area contributed by atoms with Gasteiger partial charge in [0.2, 0.25) is 5.91 Å². The maximum absolute atomic E-state index is 11.6. The van der Waals surface area contributed by atoms with E-state index in [4.69, 9.17) is 10.2 Å². The second-order valence-corrected chi connectivity index (χ2v) is 4.42. The molecule has 1 atom stereocenters. The van der Waals surface area contributed by atoms with Crippen LogP contribution in [-0.4, -0.2) is 34.1 Å². The average molecular weight is 361 g/mol. The molecular formula is C13H17BrN2O5. The molecule has 1 aromatic heterocycles. The van der Waals surface area contributed by atoms with Crippen molar-refractivity contribution in [3.05, 3.63) is 30.1 Å². The molecule has 0 saturated carbocycles. The SMILES string of the molecule is Cc1cc[n+](CCC(=O)NC(CC(=O)O)C(=O)O)cc1.[Br-]. The molecule has 0 saturated heterocycles. The van der Waals surface area contributed by atoms with Crippen LogP contribution in [0.1, 0.15) is 18.4 Å². The number of pyridine rings is 1. The van der Waals surface area contributed by atoms with E-state index in [1.165, 1.54) is 0 Å². The number of rotatable bonds is 7. The number of carbonyl (C=O) groups excluding carboxylic acids is 1. The molecule has 0 aromatic carbocycles. The van der Waals surface area contributed by atoms with E-state index in [-0.39, 0.29) is 23.4 Å². The first-order valence-corrected chi connectivity index (χ1v) is 6.08. The second kappa shape index (κ2) is 9.06. The second-order valence-electron chi connectivity index (χ2n) is 4.42. The lowest BCUT2D eigenvalue weighted by molar-refractivity contribution is -0.695. The van der Waals surface area contributed by atoms with Gasteiger partial charge < -0.3 is 32.5 Å². The summed E-state index contributed by atoms with van der Waals surface area (Å²) in [6, 6.07) is 2.38. The zero-order chi connectivity index (χ0) is 15.1. The Morgan fingerprint density at radius 3 is 2.29 bits per heavy atom. The van der Waals surface area contributed by atoms with Crippen molar-refractivity contribution < 1.29 is 46.1 Å². The summed E-state index contributed by atoms with van der Waals surface area (Å²) < 4.78 is 1.79. The van der Waals surface area contributed by atoms with Crippen LogP contribution in [0.4, 0.5) is 0 Å². The van der Waals surface area contributed by atoms with Crippen molar-refractivity contribution in [2.24, 2.45) is 0 Å². The third-order valence-corrected chi connectivity index (χ3v) is 2.67. The molecule has 1 rings (SSSR count). The lowest BCUT2D eigenvalue weighted by Crippen LogP contribution is -3.00. The molecular weight excluding hydrogens is 344 g/mol. The molecule has 1 amide bonds. The minimum Gasteiger partial charge on any atom is -1.00 e. The van der Waals surface area contributed by atoms with E-state index in [0.29, 0.717) is 6.54 Å². The molecule has 0 aliphatic heterocycles. The molecule has 1 unspecified atom stereocenters. The lowest BCUT2D eigenvalue weighted by Gasteiger charge is -2.11. The zero-order valence-corrected chi connectivity index (χ0v) is 13.0. The monoisotopic (exact) mass is 360 g/mol. The molecule has 3 N–H and O–H groups in total. The van der Waals surface area contributed by atoms with Gasteiger partial charge >= 0.3 is 11.9 Å². The predicted molar refractivity (Wildman–Crippen MR) is 67.8 cm³/mol. The van der Waals surface area contributed by atoms with Crippen LogP contribution in [0.3, 0.4) is 0 Å². The van der Waals surface area contributed by atoms with E-state index in [0.717, 1.165) is 5.56 Å². The summed E-state index contributed by atoms with van der Waals surface area (Å²) >= 11 is 0. The van der Waals surface area contributed by atoms with Crippen molar-refractivity contribution in [3.63, 3.8) is 0 Å². The van der Waals surface area contributed by atoms with Crippen molar-refractivity contribution in [1.82, 2.24) is 5.32 Å². The highest BCUT2D eigenvalue weighted by molar-refractivity contribution is 5.86. The maximum atomic E-state index is 11.6. The van der Waals surface area contributed by atoms with Crippen molar-refractivity contribution in [3.8, 4) is 0 Å². The average Bonchev–Trinajstić information content (AvgIpc) is 2.36. The van der Waals surface area contributed by atoms with Gasteiger partial charge in [0.05, 0.1) is 12.8 Å². The molecule has 1 aromatic rings. The first-order valence-electron chi connectivity index (χ1n) is 6.08. The van der Waals surface area contributed by atoms with E-state index in [1.807, 2.05) is 31.5 Å². The third kappa shape index (κ3) is 7.40. The van der Waals surface area contributed by atoms with Gasteiger partial charge in [-0.15, -0.1) is 0 Å². The van der Waals surface area contributed by atoms with E-state index in [2.05, 4.69) is 5.32 Å². The summed E-state index contributed by atoms with van der Waals surface area (Å²) in [7, 11) is 0. The smallest absolute Gasteiger partial charge is 0.326 e. The summed E-state index contributed by atoms with van der Waals surface area (Å²) in [5.41, 5.74) is 1.10. The highest BCUT2D eigenvalue weighted by Gasteiger charge is 2.23. The molecule has 21 heavy (non-hydrogen) atoms. The van der Waals surface area contributed by atoms with Gasteiger partial charge in [0, 0.05) is 12.1 Å². The van der Waals surface area contributed by atoms with Gasteiger partial charge in [0.25, 0.3) is 0 Å². The first-order chi connectivity index (χ1) is 9.38. The number of halogens is 1. The van der Waals surface area contributed by atoms with Gasteiger partial charge in [0.1, 0.15) is 6.04 Å². The molecule has 0 fully saturated rings. The Morgan fingerprint density at radius 1 is 1.24 bits per heavy atom. The standard InChI is InChI=1S/C13H16N2O5.BrH/c1-9-2-5-15(6-3-9)7-4-11(16)14-10(13(19)20)8-12(17)18;/h2-3,5-6,10H,4,7-8H2,1H3,(H2-,14,16,17,18,19,20);1H. The topological polar surface area (TPSA) is 108 Å². The number of amides is 1. The van der Waals surface area contributed by atoms with Crippen LogP contribution >= 0.6 is 0 Å². The number of nitrogens with zero attached hydrogens (tertiary/aromatic N) is 1. The number of nitrogens with one attached hydrogen (secondary N) is 1. The fraction of sp³-hybridized carbons (Fsp3) is 0.385. The minimum absolute atomic E-state index is 0. The molecule has 0 bridgehead atoms. The number of hydrogen-bond acceptors (Lipinski definition) is 3. The minimum atomic E-state index is -1.40. The van der Waals surface area contributed by atoms with E-state index >= 15 is 0 Å². The van der Waals surface area contributed by atoms with Crippen molar-refractivity contribution in [2.75, 3.05) is 0 Å². The van der Waals surface area contributed by atoms with Gasteiger partial charge in [-0.2, -0.15) is 0 Å². The van der Waals surface area contributed by atoms with Crippen LogP contribution in [0.25, 0.3) is 0 Å². The van der Waals surface area contributed by atoms with E-state index < -0.39 is 30.3 Å². The van der Waals surface area contributed by atoms with Crippen LogP contribution in [-0.2, 0) is 20.9 Å². The van der Waals surface area contributed by atoms with E-state index in [1.54, 1.807) is 4.57 Å². The quantitative estimate of drug-likeness (QED) is 0.442. The number of aromatic nitrogens is 1. The summed E-state index contributed by atoms with van der Waals surface area (Å²) in [5.74, 6) is -3.12. The fourth-order valence-electron chi connectivity index (χ4n) is 1.55. The van der Waals surface area contributed by atoms with Crippen molar-refractivity contribution in [1.29, 1.82) is 0 Å².